The smallest absolute Gasteiger partial charge is 0.267 e. The van der Waals surface area contributed by atoms with Gasteiger partial charge < -0.3 is 10.1 Å². The Labute approximate surface area is 162 Å². The minimum Gasteiger partial charge on any atom is -0.496 e. The fourth-order valence-electron chi connectivity index (χ4n) is 4.19. The third-order valence-electron chi connectivity index (χ3n) is 5.63. The number of carbonyl (C=O) groups excluding carboxylic acids is 1. The number of methoxy groups -OCH3 is 1. The molecule has 1 N–H and O–H groups in total. The summed E-state index contributed by atoms with van der Waals surface area (Å²) in [4.78, 5) is 29.6. The van der Waals surface area contributed by atoms with E-state index in [1.807, 2.05) is 18.2 Å². The highest BCUT2D eigenvalue weighted by Gasteiger charge is 2.38. The molecule has 0 atom stereocenters. The molecule has 1 aromatic heterocycles. The molecule has 1 aliphatic heterocycles. The molecule has 142 valence electrons. The average Bonchev–Trinajstić information content (AvgIpc) is 3.37. The first-order chi connectivity index (χ1) is 13.1. The number of hydrogen-bond donors (Lipinski definition) is 1. The van der Waals surface area contributed by atoms with Gasteiger partial charge in [0, 0.05) is 36.0 Å². The summed E-state index contributed by atoms with van der Waals surface area (Å²) in [5, 5.41) is 3.70. The molecule has 1 aromatic carbocycles. The third-order valence-corrected chi connectivity index (χ3v) is 6.60. The molecule has 1 aliphatic carbocycles. The van der Waals surface area contributed by atoms with E-state index in [2.05, 4.69) is 16.4 Å². The molecule has 2 heterocycles. The lowest BCUT2D eigenvalue weighted by Crippen LogP contribution is -2.41. The van der Waals surface area contributed by atoms with E-state index in [-0.39, 0.29) is 22.4 Å². The number of aromatic nitrogens is 2. The van der Waals surface area contributed by atoms with E-state index in [1.165, 1.54) is 6.20 Å². The number of rotatable bonds is 5. The number of carbonyl (C=O) groups is 1. The molecule has 27 heavy (non-hydrogen) atoms. The molecule has 0 bridgehead atoms. The van der Waals surface area contributed by atoms with E-state index in [1.54, 1.807) is 23.4 Å². The fourth-order valence-corrected chi connectivity index (χ4v) is 5.11. The Morgan fingerprint density at radius 2 is 2.11 bits per heavy atom. The second-order valence-corrected chi connectivity index (χ2v) is 8.19. The first-order valence-corrected chi connectivity index (χ1v) is 10.3. The van der Waals surface area contributed by atoms with Gasteiger partial charge in [-0.15, -0.1) is 0 Å². The number of benzene rings is 1. The molecule has 0 spiro atoms. The van der Waals surface area contributed by atoms with Gasteiger partial charge in [0.2, 0.25) is 0 Å². The molecule has 1 saturated carbocycles. The van der Waals surface area contributed by atoms with Gasteiger partial charge in [-0.25, -0.2) is 4.98 Å². The van der Waals surface area contributed by atoms with Crippen LogP contribution in [-0.4, -0.2) is 34.9 Å². The van der Waals surface area contributed by atoms with Crippen molar-refractivity contribution in [2.24, 2.45) is 0 Å². The van der Waals surface area contributed by atoms with Crippen LogP contribution >= 0.6 is 11.8 Å². The Balaban J connectivity index is 1.58. The summed E-state index contributed by atoms with van der Waals surface area (Å²) in [6, 6.07) is 8.01. The molecule has 1 amide bonds. The van der Waals surface area contributed by atoms with Crippen LogP contribution in [0, 0.1) is 0 Å². The van der Waals surface area contributed by atoms with Crippen LogP contribution in [0.4, 0.5) is 0 Å². The van der Waals surface area contributed by atoms with Gasteiger partial charge in [0.15, 0.2) is 5.16 Å². The molecule has 2 aliphatic rings. The Hall–Kier alpha value is -2.28. The summed E-state index contributed by atoms with van der Waals surface area (Å²) in [7, 11) is 1.68. The van der Waals surface area contributed by atoms with Crippen LogP contribution in [0.3, 0.4) is 0 Å². The Morgan fingerprint density at radius 3 is 2.89 bits per heavy atom. The third kappa shape index (κ3) is 3.25. The minimum atomic E-state index is -0.346. The Morgan fingerprint density at radius 1 is 1.33 bits per heavy atom. The fraction of sp³-hybridized carbons (Fsp3) is 0.450. The lowest BCUT2D eigenvalue weighted by atomic mass is 9.78. The van der Waals surface area contributed by atoms with Crippen molar-refractivity contribution in [1.29, 1.82) is 0 Å². The summed E-state index contributed by atoms with van der Waals surface area (Å²) in [5.41, 5.74) is 0.846. The van der Waals surface area contributed by atoms with Gasteiger partial charge in [0.1, 0.15) is 11.3 Å². The second kappa shape index (κ2) is 7.38. The molecule has 1 fully saturated rings. The number of nitrogens with zero attached hydrogens (tertiary/aromatic N) is 2. The largest absolute Gasteiger partial charge is 0.496 e. The molecule has 4 rings (SSSR count). The first kappa shape index (κ1) is 18.1. The van der Waals surface area contributed by atoms with Crippen LogP contribution in [0.25, 0.3) is 0 Å². The zero-order valence-electron chi connectivity index (χ0n) is 15.4. The lowest BCUT2D eigenvalue weighted by Gasteiger charge is -2.31. The number of ether oxygens (including phenoxy) is 1. The highest BCUT2D eigenvalue weighted by atomic mass is 32.2. The van der Waals surface area contributed by atoms with E-state index >= 15 is 0 Å². The highest BCUT2D eigenvalue weighted by molar-refractivity contribution is 7.99. The summed E-state index contributed by atoms with van der Waals surface area (Å²) < 4.78 is 7.15. The topological polar surface area (TPSA) is 73.2 Å². The summed E-state index contributed by atoms with van der Waals surface area (Å²) >= 11 is 1.54. The summed E-state index contributed by atoms with van der Waals surface area (Å²) in [6.07, 6.45) is 5.63. The van der Waals surface area contributed by atoms with Gasteiger partial charge in [0.05, 0.1) is 7.11 Å². The van der Waals surface area contributed by atoms with Crippen LogP contribution in [-0.2, 0) is 12.0 Å². The molecule has 0 unspecified atom stereocenters. The molecule has 0 saturated heterocycles. The highest BCUT2D eigenvalue weighted by Crippen LogP contribution is 2.44. The SMILES string of the molecule is COc1ccccc1C1(CNC(=O)c2cnc3n(c2=O)CCS3)CCCC1. The van der Waals surface area contributed by atoms with E-state index in [4.69, 9.17) is 4.74 Å². The number of amides is 1. The van der Waals surface area contributed by atoms with Crippen LogP contribution in [0.15, 0.2) is 40.4 Å². The van der Waals surface area contributed by atoms with Gasteiger partial charge in [0.25, 0.3) is 11.5 Å². The molecule has 0 radical (unpaired) electrons. The van der Waals surface area contributed by atoms with Crippen LogP contribution in [0.2, 0.25) is 0 Å². The van der Waals surface area contributed by atoms with Crippen molar-refractivity contribution in [3.63, 3.8) is 0 Å². The zero-order valence-corrected chi connectivity index (χ0v) is 16.2. The van der Waals surface area contributed by atoms with Crippen molar-refractivity contribution in [3.8, 4) is 5.75 Å². The maximum atomic E-state index is 12.7. The number of hydrogen-bond acceptors (Lipinski definition) is 5. The Bertz CT molecular complexity index is 919. The molecule has 7 heteroatoms. The summed E-state index contributed by atoms with van der Waals surface area (Å²) in [6.45, 7) is 1.10. The molecule has 2 aromatic rings. The van der Waals surface area contributed by atoms with Crippen molar-refractivity contribution < 1.29 is 9.53 Å². The van der Waals surface area contributed by atoms with Gasteiger partial charge in [-0.1, -0.05) is 42.8 Å². The molecular formula is C20H23N3O3S. The maximum Gasteiger partial charge on any atom is 0.267 e. The van der Waals surface area contributed by atoms with E-state index in [0.717, 1.165) is 42.7 Å². The predicted molar refractivity (Wildman–Crippen MR) is 105 cm³/mol. The van der Waals surface area contributed by atoms with E-state index < -0.39 is 0 Å². The van der Waals surface area contributed by atoms with Gasteiger partial charge in [-0.2, -0.15) is 0 Å². The minimum absolute atomic E-state index is 0.120. The van der Waals surface area contributed by atoms with Gasteiger partial charge in [-0.3, -0.25) is 14.2 Å². The second-order valence-electron chi connectivity index (χ2n) is 7.13. The van der Waals surface area contributed by atoms with Crippen molar-refractivity contribution in [1.82, 2.24) is 14.9 Å². The predicted octanol–water partition coefficient (Wildman–Crippen LogP) is 2.60. The number of nitrogens with one attached hydrogen (secondary N) is 1. The monoisotopic (exact) mass is 385 g/mol. The van der Waals surface area contributed by atoms with Crippen molar-refractivity contribution in [2.75, 3.05) is 19.4 Å². The standard InChI is InChI=1S/C20H23N3O3S/c1-26-16-7-3-2-6-15(16)20(8-4-5-9-20)13-22-17(24)14-12-21-19-23(18(14)25)10-11-27-19/h2-3,6-7,12H,4-5,8-11,13H2,1H3,(H,22,24). The van der Waals surface area contributed by atoms with Crippen molar-refractivity contribution in [2.45, 2.75) is 42.8 Å². The van der Waals surface area contributed by atoms with Crippen LogP contribution in [0.1, 0.15) is 41.6 Å². The van der Waals surface area contributed by atoms with Crippen molar-refractivity contribution in [3.05, 3.63) is 51.9 Å². The lowest BCUT2D eigenvalue weighted by molar-refractivity contribution is 0.0940. The molecule has 6 nitrogen and oxygen atoms in total. The number of thioether (sulfide) groups is 1. The Kier molecular flexibility index (Phi) is 4.95. The van der Waals surface area contributed by atoms with Crippen LogP contribution in [0.5, 0.6) is 5.75 Å². The van der Waals surface area contributed by atoms with Gasteiger partial charge >= 0.3 is 0 Å². The summed E-state index contributed by atoms with van der Waals surface area (Å²) in [5.74, 6) is 1.33. The van der Waals surface area contributed by atoms with E-state index in [9.17, 15) is 9.59 Å². The van der Waals surface area contributed by atoms with Gasteiger partial charge in [-0.05, 0) is 18.9 Å². The number of para-hydroxylation sites is 1. The quantitative estimate of drug-likeness (QED) is 0.801. The number of fused-ring (bicyclic) bond motifs is 1. The van der Waals surface area contributed by atoms with Crippen molar-refractivity contribution >= 4 is 17.7 Å². The maximum absolute atomic E-state index is 12.7. The zero-order chi connectivity index (χ0) is 18.9. The normalized spacial score (nSPS) is 17.5. The van der Waals surface area contributed by atoms with E-state index in [0.29, 0.717) is 18.2 Å². The average molecular weight is 385 g/mol. The first-order valence-electron chi connectivity index (χ1n) is 9.29. The van der Waals surface area contributed by atoms with Crippen LogP contribution < -0.4 is 15.6 Å². The molecular weight excluding hydrogens is 362 g/mol.